The molecule has 1 spiro atoms. The average Bonchev–Trinajstić information content (AvgIpc) is 3.28. The van der Waals surface area contributed by atoms with Gasteiger partial charge in [-0.05, 0) is 30.9 Å². The molecule has 2 aromatic rings. The molecule has 0 radical (unpaired) electrons. The van der Waals surface area contributed by atoms with Crippen LogP contribution < -0.4 is 10.1 Å². The smallest absolute Gasteiger partial charge is 0.465 e. The van der Waals surface area contributed by atoms with Gasteiger partial charge in [0.2, 0.25) is 0 Å². The van der Waals surface area contributed by atoms with E-state index in [1.807, 2.05) is 0 Å². The summed E-state index contributed by atoms with van der Waals surface area (Å²) in [6.45, 7) is 1.03. The van der Waals surface area contributed by atoms with Crippen LogP contribution in [0.2, 0.25) is 0 Å². The lowest BCUT2D eigenvalue weighted by Gasteiger charge is -2.60. The van der Waals surface area contributed by atoms with Crippen molar-refractivity contribution in [1.82, 2.24) is 30.5 Å². The van der Waals surface area contributed by atoms with Gasteiger partial charge in [0.05, 0.1) is 12.7 Å². The van der Waals surface area contributed by atoms with E-state index >= 15 is 0 Å². The first-order valence-corrected chi connectivity index (χ1v) is 10.5. The first-order chi connectivity index (χ1) is 16.1. The molecule has 3 N–H and O–H groups in total. The van der Waals surface area contributed by atoms with Gasteiger partial charge < -0.3 is 25.0 Å². The van der Waals surface area contributed by atoms with E-state index in [0.29, 0.717) is 31.1 Å². The number of carboxylic acid groups (broad SMARTS) is 1. The number of carbonyl (C=O) groups is 2. The van der Waals surface area contributed by atoms with Crippen molar-refractivity contribution in [3.8, 4) is 5.75 Å². The maximum absolute atomic E-state index is 14.7. The minimum Gasteiger partial charge on any atom is -0.465 e. The Morgan fingerprint density at radius 3 is 2.62 bits per heavy atom. The van der Waals surface area contributed by atoms with Crippen molar-refractivity contribution in [3.05, 3.63) is 41.5 Å². The van der Waals surface area contributed by atoms with Crippen LogP contribution in [-0.4, -0.2) is 74.5 Å². The summed E-state index contributed by atoms with van der Waals surface area (Å²) in [5.41, 5.74) is 0.222. The highest BCUT2D eigenvalue weighted by atomic mass is 19.4. The molecule has 0 bridgehead atoms. The van der Waals surface area contributed by atoms with Gasteiger partial charge in [-0.15, -0.1) is 13.2 Å². The molecule has 3 heterocycles. The lowest BCUT2D eigenvalue weighted by atomic mass is 9.63. The van der Waals surface area contributed by atoms with E-state index in [9.17, 15) is 32.3 Å². The Morgan fingerprint density at radius 1 is 1.29 bits per heavy atom. The summed E-state index contributed by atoms with van der Waals surface area (Å²) in [4.78, 5) is 26.9. The summed E-state index contributed by atoms with van der Waals surface area (Å²) in [6, 6.07) is 2.02. The number of benzene rings is 1. The molecule has 0 aliphatic carbocycles. The van der Waals surface area contributed by atoms with Crippen molar-refractivity contribution in [1.29, 1.82) is 0 Å². The van der Waals surface area contributed by atoms with Crippen LogP contribution in [0.4, 0.5) is 27.2 Å². The predicted octanol–water partition coefficient (Wildman–Crippen LogP) is 2.74. The number of likely N-dealkylation sites (tertiary alicyclic amines) is 2. The molecular weight excluding hydrogens is 464 g/mol. The summed E-state index contributed by atoms with van der Waals surface area (Å²) >= 11 is 0. The molecule has 1 atom stereocenters. The highest BCUT2D eigenvalue weighted by Crippen LogP contribution is 2.48. The van der Waals surface area contributed by atoms with Crippen molar-refractivity contribution in [2.75, 3.05) is 19.6 Å². The zero-order valence-electron chi connectivity index (χ0n) is 17.8. The summed E-state index contributed by atoms with van der Waals surface area (Å²) in [5, 5.41) is 21.9. The molecule has 4 rings (SSSR count). The van der Waals surface area contributed by atoms with Gasteiger partial charge in [0.1, 0.15) is 17.3 Å². The predicted molar refractivity (Wildman–Crippen MR) is 107 cm³/mol. The summed E-state index contributed by atoms with van der Waals surface area (Å²) < 4.78 is 55.7. The zero-order valence-corrected chi connectivity index (χ0v) is 17.8. The number of carbonyl (C=O) groups excluding carboxylic acids is 1. The number of ether oxygens (including phenoxy) is 1. The molecule has 14 heteroatoms. The van der Waals surface area contributed by atoms with Crippen LogP contribution >= 0.6 is 0 Å². The van der Waals surface area contributed by atoms with Gasteiger partial charge in [-0.25, -0.2) is 14.0 Å². The maximum atomic E-state index is 14.7. The topological polar surface area (TPSA) is 124 Å². The number of nitrogens with one attached hydrogen (secondary N) is 2. The molecule has 2 saturated heterocycles. The van der Waals surface area contributed by atoms with Crippen molar-refractivity contribution in [2.24, 2.45) is 5.41 Å². The van der Waals surface area contributed by atoms with E-state index in [2.05, 4.69) is 25.5 Å². The minimum absolute atomic E-state index is 0.0581. The highest BCUT2D eigenvalue weighted by molar-refractivity contribution is 5.76. The molecule has 3 amide bonds. The van der Waals surface area contributed by atoms with Crippen LogP contribution in [0.1, 0.15) is 24.1 Å². The Hall–Kier alpha value is -3.58. The lowest BCUT2D eigenvalue weighted by molar-refractivity contribution is -0.274. The van der Waals surface area contributed by atoms with Crippen LogP contribution in [-0.2, 0) is 13.0 Å². The molecule has 1 unspecified atom stereocenters. The number of rotatable bonds is 5. The van der Waals surface area contributed by atoms with Crippen molar-refractivity contribution < 1.29 is 37.0 Å². The van der Waals surface area contributed by atoms with Gasteiger partial charge in [-0.2, -0.15) is 15.4 Å². The van der Waals surface area contributed by atoms with E-state index in [-0.39, 0.29) is 31.6 Å². The molecule has 2 aliphatic rings. The average molecular weight is 486 g/mol. The number of amides is 3. The lowest BCUT2D eigenvalue weighted by Crippen LogP contribution is -2.71. The quantitative estimate of drug-likeness (QED) is 0.559. The maximum Gasteiger partial charge on any atom is 0.573 e. The monoisotopic (exact) mass is 486 g/mol. The van der Waals surface area contributed by atoms with Gasteiger partial charge in [-0.1, -0.05) is 6.07 Å². The molecule has 10 nitrogen and oxygen atoms in total. The third-order valence-electron chi connectivity index (χ3n) is 6.42. The van der Waals surface area contributed by atoms with Crippen LogP contribution in [0, 0.1) is 11.2 Å². The fraction of sp³-hybridized carbons (Fsp3) is 0.500. The first kappa shape index (κ1) is 23.6. The molecule has 2 fully saturated rings. The second kappa shape index (κ2) is 8.99. The van der Waals surface area contributed by atoms with Crippen LogP contribution in [0.5, 0.6) is 5.75 Å². The van der Waals surface area contributed by atoms with Crippen molar-refractivity contribution >= 4 is 12.1 Å². The third kappa shape index (κ3) is 4.99. The van der Waals surface area contributed by atoms with Crippen molar-refractivity contribution in [3.63, 3.8) is 0 Å². The standard InChI is InChI=1S/C20H22F4N6O4/c21-15-8-14(34-20(22,23)24)2-1-12(15)7-16-19(3-5-29(6-4-19)18(32)33)11-30(16)17(31)25-9-13-10-26-28-27-13/h1-2,8,10,16H,3-7,9,11H2,(H,25,31)(H,32,33)(H,26,27,28). The molecule has 2 aliphatic heterocycles. The Morgan fingerprint density at radius 2 is 2.03 bits per heavy atom. The summed E-state index contributed by atoms with van der Waals surface area (Å²) in [5.74, 6) is -1.55. The van der Waals surface area contributed by atoms with E-state index in [0.717, 1.165) is 6.07 Å². The molecule has 1 aromatic carbocycles. The molecule has 1 aromatic heterocycles. The largest absolute Gasteiger partial charge is 0.573 e. The van der Waals surface area contributed by atoms with E-state index in [4.69, 9.17) is 0 Å². The van der Waals surface area contributed by atoms with Gasteiger partial charge in [0.15, 0.2) is 0 Å². The van der Waals surface area contributed by atoms with Crippen LogP contribution in [0.25, 0.3) is 0 Å². The fourth-order valence-electron chi connectivity index (χ4n) is 4.62. The van der Waals surface area contributed by atoms with Crippen molar-refractivity contribution in [2.45, 2.75) is 38.2 Å². The zero-order chi connectivity index (χ0) is 24.5. The molecular formula is C20H22F4N6O4. The molecule has 0 saturated carbocycles. The van der Waals surface area contributed by atoms with E-state index in [1.165, 1.54) is 22.1 Å². The van der Waals surface area contributed by atoms with Gasteiger partial charge in [-0.3, -0.25) is 0 Å². The SMILES string of the molecule is O=C(O)N1CCC2(CC1)CN(C(=O)NCc1cn[nH]n1)C2Cc1ccc(OC(F)(F)F)cc1F. The number of alkyl halides is 3. The van der Waals surface area contributed by atoms with Crippen LogP contribution in [0.3, 0.4) is 0 Å². The summed E-state index contributed by atoms with van der Waals surface area (Å²) in [6.07, 6.45) is -3.50. The number of aromatic nitrogens is 3. The molecule has 184 valence electrons. The van der Waals surface area contributed by atoms with Gasteiger partial charge in [0, 0.05) is 37.2 Å². The number of nitrogens with zero attached hydrogens (tertiary/aromatic N) is 4. The van der Waals surface area contributed by atoms with E-state index in [1.54, 1.807) is 0 Å². The van der Waals surface area contributed by atoms with E-state index < -0.39 is 41.5 Å². The third-order valence-corrected chi connectivity index (χ3v) is 6.42. The number of hydrogen-bond acceptors (Lipinski definition) is 5. The second-order valence-electron chi connectivity index (χ2n) is 8.40. The Labute approximate surface area is 190 Å². The fourth-order valence-corrected chi connectivity index (χ4v) is 4.62. The normalized spacial score (nSPS) is 19.6. The van der Waals surface area contributed by atoms with Crippen LogP contribution in [0.15, 0.2) is 24.4 Å². The minimum atomic E-state index is -4.94. The highest BCUT2D eigenvalue weighted by Gasteiger charge is 2.55. The molecule has 34 heavy (non-hydrogen) atoms. The number of urea groups is 1. The Bertz CT molecular complexity index is 1040. The Kier molecular flexibility index (Phi) is 6.23. The first-order valence-electron chi connectivity index (χ1n) is 10.5. The Balaban J connectivity index is 1.50. The number of hydrogen-bond donors (Lipinski definition) is 3. The second-order valence-corrected chi connectivity index (χ2v) is 8.40. The number of halogens is 4. The van der Waals surface area contributed by atoms with Gasteiger partial charge >= 0.3 is 18.5 Å². The summed E-state index contributed by atoms with van der Waals surface area (Å²) in [7, 11) is 0. The number of aromatic amines is 1. The van der Waals surface area contributed by atoms with Gasteiger partial charge in [0.25, 0.3) is 0 Å². The number of piperidine rings is 1. The number of H-pyrrole nitrogens is 1.